The summed E-state index contributed by atoms with van der Waals surface area (Å²) in [6.45, 7) is 0.0631. The van der Waals surface area contributed by atoms with Gasteiger partial charge in [0.1, 0.15) is 11.7 Å². The molecule has 3 aromatic carbocycles. The quantitative estimate of drug-likeness (QED) is 0.262. The number of hydrogen-bond donors (Lipinski definition) is 4. The van der Waals surface area contributed by atoms with Crippen LogP contribution in [0, 0.1) is 17.0 Å². The number of hydrogen-bond acceptors (Lipinski definition) is 4. The highest BCUT2D eigenvalue weighted by Crippen LogP contribution is 2.29. The zero-order chi connectivity index (χ0) is 24.7. The summed E-state index contributed by atoms with van der Waals surface area (Å²) >= 11 is 0. The van der Waals surface area contributed by atoms with Gasteiger partial charge in [0.15, 0.2) is 11.9 Å². The maximum absolute atomic E-state index is 15.2. The summed E-state index contributed by atoms with van der Waals surface area (Å²) in [6, 6.07) is 17.5. The molecule has 0 saturated heterocycles. The van der Waals surface area contributed by atoms with Crippen LogP contribution in [0.1, 0.15) is 28.4 Å². The van der Waals surface area contributed by atoms with Crippen molar-refractivity contribution in [3.05, 3.63) is 101 Å². The Bertz CT molecular complexity index is 1190. The number of carbonyl (C=O) groups excluding carboxylic acids is 2. The van der Waals surface area contributed by atoms with Crippen LogP contribution in [0.2, 0.25) is 0 Å². The van der Waals surface area contributed by atoms with Crippen LogP contribution in [-0.4, -0.2) is 24.8 Å². The van der Waals surface area contributed by atoms with Crippen LogP contribution in [0.15, 0.2) is 66.7 Å². The predicted molar refractivity (Wildman–Crippen MR) is 131 cm³/mol. The highest BCUT2D eigenvalue weighted by molar-refractivity contribution is 5.95. The van der Waals surface area contributed by atoms with E-state index < -0.39 is 35.1 Å². The summed E-state index contributed by atoms with van der Waals surface area (Å²) in [7, 11) is 1.16. The molecule has 0 bridgehead atoms. The summed E-state index contributed by atoms with van der Waals surface area (Å²) in [5.74, 6) is -3.41. The maximum Gasteiger partial charge on any atom is 0.254 e. The SMILES string of the molecule is COC(C(=O)NCc1ccc(C(=N)N)cc1)c1c(F)ccc(NC(=O)Cc2ccccc2)c1F.Cl. The van der Waals surface area contributed by atoms with Gasteiger partial charge in [0, 0.05) is 19.2 Å². The molecule has 1 unspecified atom stereocenters. The lowest BCUT2D eigenvalue weighted by Gasteiger charge is -2.19. The first kappa shape index (κ1) is 27.4. The molecule has 1 atom stereocenters. The van der Waals surface area contributed by atoms with Crippen LogP contribution < -0.4 is 16.4 Å². The first-order valence-corrected chi connectivity index (χ1v) is 10.4. The minimum absolute atomic E-state index is 0. The molecule has 0 spiro atoms. The Morgan fingerprint density at radius 3 is 2.26 bits per heavy atom. The van der Waals surface area contributed by atoms with Crippen LogP contribution in [0.4, 0.5) is 14.5 Å². The van der Waals surface area contributed by atoms with E-state index in [-0.39, 0.29) is 36.9 Å². The van der Waals surface area contributed by atoms with Crippen LogP contribution in [0.25, 0.3) is 0 Å². The van der Waals surface area contributed by atoms with Gasteiger partial charge < -0.3 is 21.1 Å². The molecule has 5 N–H and O–H groups in total. The molecule has 0 radical (unpaired) electrons. The number of amidine groups is 1. The molecule has 3 aromatic rings. The second kappa shape index (κ2) is 12.6. The van der Waals surface area contributed by atoms with Crippen LogP contribution in [0.5, 0.6) is 0 Å². The lowest BCUT2D eigenvalue weighted by atomic mass is 10.0. The largest absolute Gasteiger partial charge is 0.384 e. The number of anilines is 1. The van der Waals surface area contributed by atoms with Gasteiger partial charge in [0.25, 0.3) is 5.91 Å². The van der Waals surface area contributed by atoms with E-state index in [9.17, 15) is 14.0 Å². The van der Waals surface area contributed by atoms with Crippen molar-refractivity contribution in [2.24, 2.45) is 5.73 Å². The number of nitrogens with one attached hydrogen (secondary N) is 3. The molecule has 0 saturated carbocycles. The van der Waals surface area contributed by atoms with Gasteiger partial charge in [-0.2, -0.15) is 0 Å². The molecule has 0 aliphatic carbocycles. The molecule has 0 aliphatic heterocycles. The van der Waals surface area contributed by atoms with Crippen molar-refractivity contribution in [3.8, 4) is 0 Å². The van der Waals surface area contributed by atoms with Gasteiger partial charge in [-0.15, -0.1) is 12.4 Å². The Kier molecular flexibility index (Phi) is 9.86. The Morgan fingerprint density at radius 1 is 1.00 bits per heavy atom. The molecule has 2 amide bonds. The fourth-order valence-electron chi connectivity index (χ4n) is 3.32. The third kappa shape index (κ3) is 7.08. The van der Waals surface area contributed by atoms with Crippen molar-refractivity contribution in [3.63, 3.8) is 0 Å². The first-order chi connectivity index (χ1) is 16.3. The second-order valence-electron chi connectivity index (χ2n) is 7.48. The van der Waals surface area contributed by atoms with Crippen LogP contribution >= 0.6 is 12.4 Å². The smallest absolute Gasteiger partial charge is 0.254 e. The summed E-state index contributed by atoms with van der Waals surface area (Å²) in [4.78, 5) is 25.0. The van der Waals surface area contributed by atoms with E-state index in [1.165, 1.54) is 0 Å². The maximum atomic E-state index is 15.2. The lowest BCUT2D eigenvalue weighted by Crippen LogP contribution is -2.31. The van der Waals surface area contributed by atoms with Gasteiger partial charge in [-0.05, 0) is 23.3 Å². The van der Waals surface area contributed by atoms with Crippen molar-refractivity contribution in [1.82, 2.24) is 5.32 Å². The van der Waals surface area contributed by atoms with Gasteiger partial charge >= 0.3 is 0 Å². The number of nitrogen functional groups attached to an aromatic ring is 1. The van der Waals surface area contributed by atoms with Crippen LogP contribution in [-0.2, 0) is 27.3 Å². The molecule has 35 heavy (non-hydrogen) atoms. The molecular weight excluding hydrogens is 478 g/mol. The Balaban J connectivity index is 0.00000432. The number of benzene rings is 3. The number of rotatable bonds is 9. The third-order valence-corrected chi connectivity index (χ3v) is 5.08. The van der Waals surface area contributed by atoms with E-state index in [1.54, 1.807) is 48.5 Å². The van der Waals surface area contributed by atoms with E-state index in [0.29, 0.717) is 11.1 Å². The van der Waals surface area contributed by atoms with E-state index in [0.717, 1.165) is 24.8 Å². The second-order valence-corrected chi connectivity index (χ2v) is 7.48. The van der Waals surface area contributed by atoms with E-state index >= 15 is 4.39 Å². The predicted octanol–water partition coefficient (Wildman–Crippen LogP) is 3.86. The molecule has 3 rings (SSSR count). The fourth-order valence-corrected chi connectivity index (χ4v) is 3.32. The number of nitrogens with two attached hydrogens (primary N) is 1. The van der Waals surface area contributed by atoms with Gasteiger partial charge in [-0.3, -0.25) is 15.0 Å². The first-order valence-electron chi connectivity index (χ1n) is 10.4. The van der Waals surface area contributed by atoms with Crippen molar-refractivity contribution in [1.29, 1.82) is 5.41 Å². The zero-order valence-electron chi connectivity index (χ0n) is 18.8. The van der Waals surface area contributed by atoms with E-state index in [4.69, 9.17) is 15.9 Å². The molecule has 10 heteroatoms. The van der Waals surface area contributed by atoms with Gasteiger partial charge in [0.2, 0.25) is 5.91 Å². The lowest BCUT2D eigenvalue weighted by molar-refractivity contribution is -0.131. The van der Waals surface area contributed by atoms with Crippen molar-refractivity contribution >= 4 is 35.7 Å². The number of ether oxygens (including phenoxy) is 1. The monoisotopic (exact) mass is 502 g/mol. The van der Waals surface area contributed by atoms with Crippen molar-refractivity contribution in [2.75, 3.05) is 12.4 Å². The molecule has 184 valence electrons. The highest BCUT2D eigenvalue weighted by Gasteiger charge is 2.29. The Morgan fingerprint density at radius 2 is 1.66 bits per heavy atom. The number of amides is 2. The normalized spacial score (nSPS) is 11.2. The van der Waals surface area contributed by atoms with Gasteiger partial charge in [0.05, 0.1) is 17.7 Å². The summed E-state index contributed by atoms with van der Waals surface area (Å²) in [5.41, 5.74) is 6.50. The van der Waals surface area contributed by atoms with Gasteiger partial charge in [-0.25, -0.2) is 8.78 Å². The fraction of sp³-hybridized carbons (Fsp3) is 0.160. The summed E-state index contributed by atoms with van der Waals surface area (Å²) < 4.78 is 34.8. The molecule has 0 aliphatic rings. The molecule has 0 aromatic heterocycles. The summed E-state index contributed by atoms with van der Waals surface area (Å²) in [5, 5.41) is 12.4. The topological polar surface area (TPSA) is 117 Å². The van der Waals surface area contributed by atoms with Crippen LogP contribution in [0.3, 0.4) is 0 Å². The van der Waals surface area contributed by atoms with Crippen molar-refractivity contribution < 1.29 is 23.1 Å². The summed E-state index contributed by atoms with van der Waals surface area (Å²) in [6.07, 6.45) is -1.58. The average molecular weight is 503 g/mol. The van der Waals surface area contributed by atoms with Crippen molar-refractivity contribution in [2.45, 2.75) is 19.1 Å². The number of carbonyl (C=O) groups is 2. The number of halogens is 3. The Labute approximate surface area is 207 Å². The van der Waals surface area contributed by atoms with Gasteiger partial charge in [-0.1, -0.05) is 54.6 Å². The Hall–Kier alpha value is -3.82. The average Bonchev–Trinajstić information content (AvgIpc) is 2.83. The standard InChI is InChI=1S/C25H24F2N4O3.ClH/c1-34-23(25(33)30-14-16-7-9-17(10-8-16)24(28)29)21-18(26)11-12-19(22(21)27)31-20(32)13-15-5-3-2-4-6-15;/h2-12,23H,13-14H2,1H3,(H3,28,29)(H,30,33)(H,31,32);1H. The van der Waals surface area contributed by atoms with E-state index in [1.807, 2.05) is 6.07 Å². The third-order valence-electron chi connectivity index (χ3n) is 5.08. The molecule has 0 heterocycles. The minimum atomic E-state index is -1.58. The number of methoxy groups -OCH3 is 1. The molecule has 7 nitrogen and oxygen atoms in total. The van der Waals surface area contributed by atoms with E-state index in [2.05, 4.69) is 10.6 Å². The molecule has 0 fully saturated rings. The molecular formula is C25H25ClF2N4O3. The minimum Gasteiger partial charge on any atom is -0.384 e. The zero-order valence-corrected chi connectivity index (χ0v) is 19.6. The highest BCUT2D eigenvalue weighted by atomic mass is 35.5.